The van der Waals surface area contributed by atoms with Crippen molar-refractivity contribution < 1.29 is 0 Å². The number of rotatable bonds is 0. The molecule has 1 fully saturated rings. The van der Waals surface area contributed by atoms with Crippen LogP contribution >= 0.6 is 0 Å². The summed E-state index contributed by atoms with van der Waals surface area (Å²) < 4.78 is 0. The van der Waals surface area contributed by atoms with Gasteiger partial charge in [0.2, 0.25) is 0 Å². The lowest BCUT2D eigenvalue weighted by Crippen LogP contribution is -2.52. The van der Waals surface area contributed by atoms with Crippen LogP contribution in [0.1, 0.15) is 13.3 Å². The molecule has 2 aliphatic heterocycles. The summed E-state index contributed by atoms with van der Waals surface area (Å²) >= 11 is 0. The first kappa shape index (κ1) is 6.23. The molecule has 0 aliphatic carbocycles. The van der Waals surface area contributed by atoms with Crippen molar-refractivity contribution in [1.82, 2.24) is 10.2 Å². The normalized spacial score (nSPS) is 38.3. The Morgan fingerprint density at radius 1 is 1.60 bits per heavy atom. The zero-order valence-corrected chi connectivity index (χ0v) is 6.38. The van der Waals surface area contributed by atoms with Gasteiger partial charge in [-0.05, 0) is 19.5 Å². The predicted molar refractivity (Wildman–Crippen MR) is 41.7 cm³/mol. The van der Waals surface area contributed by atoms with Crippen LogP contribution in [0.3, 0.4) is 0 Å². The van der Waals surface area contributed by atoms with E-state index in [2.05, 4.69) is 29.4 Å². The molecule has 0 bridgehead atoms. The molecule has 0 amide bonds. The highest BCUT2D eigenvalue weighted by Gasteiger charge is 2.27. The maximum atomic E-state index is 3.47. The van der Waals surface area contributed by atoms with Crippen molar-refractivity contribution in [3.05, 3.63) is 12.3 Å². The number of hydrogen-bond acceptors (Lipinski definition) is 2. The van der Waals surface area contributed by atoms with Gasteiger partial charge in [0.15, 0.2) is 0 Å². The molecule has 2 rings (SSSR count). The molecule has 2 heterocycles. The van der Waals surface area contributed by atoms with Gasteiger partial charge >= 0.3 is 0 Å². The van der Waals surface area contributed by atoms with E-state index in [0.717, 1.165) is 12.6 Å². The fourth-order valence-corrected chi connectivity index (χ4v) is 1.87. The van der Waals surface area contributed by atoms with Crippen molar-refractivity contribution in [2.75, 3.05) is 13.1 Å². The lowest BCUT2D eigenvalue weighted by atomic mass is 10.1. The van der Waals surface area contributed by atoms with Crippen LogP contribution in [0.2, 0.25) is 0 Å². The molecular formula is C8H14N2. The molecule has 0 aromatic rings. The van der Waals surface area contributed by atoms with E-state index in [0.29, 0.717) is 6.04 Å². The molecule has 2 nitrogen and oxygen atoms in total. The molecule has 2 atom stereocenters. The molecule has 0 aromatic heterocycles. The quantitative estimate of drug-likeness (QED) is 0.526. The molecule has 1 N–H and O–H groups in total. The van der Waals surface area contributed by atoms with E-state index >= 15 is 0 Å². The third-order valence-corrected chi connectivity index (χ3v) is 2.51. The zero-order chi connectivity index (χ0) is 6.97. The minimum atomic E-state index is 0.670. The molecule has 2 heteroatoms. The zero-order valence-electron chi connectivity index (χ0n) is 6.38. The first-order valence-electron chi connectivity index (χ1n) is 4.04. The Labute approximate surface area is 61.9 Å². The summed E-state index contributed by atoms with van der Waals surface area (Å²) in [6.07, 6.45) is 5.74. The van der Waals surface area contributed by atoms with E-state index in [9.17, 15) is 0 Å². The van der Waals surface area contributed by atoms with E-state index < -0.39 is 0 Å². The average Bonchev–Trinajstić information content (AvgIpc) is 2.36. The Morgan fingerprint density at radius 3 is 3.30 bits per heavy atom. The van der Waals surface area contributed by atoms with E-state index in [1.807, 2.05) is 0 Å². The third-order valence-electron chi connectivity index (χ3n) is 2.51. The highest BCUT2D eigenvalue weighted by Crippen LogP contribution is 2.19. The second-order valence-electron chi connectivity index (χ2n) is 3.17. The Morgan fingerprint density at radius 2 is 2.50 bits per heavy atom. The standard InChI is InChI=1S/C8H14N2/c1-7-8-3-2-5-10(8)6-4-9-7/h2,5,7-9H,3-4,6H2,1H3. The smallest absolute Gasteiger partial charge is 0.0470 e. The first-order chi connectivity index (χ1) is 4.88. The Bertz CT molecular complexity index is 153. The van der Waals surface area contributed by atoms with E-state index in [1.54, 1.807) is 0 Å². The van der Waals surface area contributed by atoms with Gasteiger partial charge in [-0.1, -0.05) is 6.08 Å². The van der Waals surface area contributed by atoms with Crippen LogP contribution in [-0.4, -0.2) is 30.1 Å². The van der Waals surface area contributed by atoms with Crippen molar-refractivity contribution in [3.63, 3.8) is 0 Å². The number of fused-ring (bicyclic) bond motifs is 1. The molecule has 56 valence electrons. The van der Waals surface area contributed by atoms with E-state index in [4.69, 9.17) is 0 Å². The summed E-state index contributed by atoms with van der Waals surface area (Å²) in [5.74, 6) is 0. The summed E-state index contributed by atoms with van der Waals surface area (Å²) in [7, 11) is 0. The molecule has 0 saturated carbocycles. The average molecular weight is 138 g/mol. The minimum absolute atomic E-state index is 0.670. The Hall–Kier alpha value is -0.500. The first-order valence-corrected chi connectivity index (χ1v) is 4.04. The van der Waals surface area contributed by atoms with Gasteiger partial charge in [0, 0.05) is 25.2 Å². The van der Waals surface area contributed by atoms with Crippen LogP contribution in [0.4, 0.5) is 0 Å². The molecule has 10 heavy (non-hydrogen) atoms. The molecule has 0 spiro atoms. The highest BCUT2D eigenvalue weighted by molar-refractivity contribution is 5.03. The minimum Gasteiger partial charge on any atom is -0.372 e. The molecule has 0 aromatic carbocycles. The maximum absolute atomic E-state index is 3.47. The largest absolute Gasteiger partial charge is 0.372 e. The van der Waals surface area contributed by atoms with Crippen molar-refractivity contribution in [2.24, 2.45) is 0 Å². The van der Waals surface area contributed by atoms with Gasteiger partial charge in [0.25, 0.3) is 0 Å². The van der Waals surface area contributed by atoms with Gasteiger partial charge in [-0.3, -0.25) is 0 Å². The van der Waals surface area contributed by atoms with Gasteiger partial charge in [-0.15, -0.1) is 0 Å². The second-order valence-corrected chi connectivity index (χ2v) is 3.17. The fraction of sp³-hybridized carbons (Fsp3) is 0.750. The Balaban J connectivity index is 2.07. The van der Waals surface area contributed by atoms with Crippen molar-refractivity contribution in [1.29, 1.82) is 0 Å². The molecule has 2 unspecified atom stereocenters. The number of nitrogens with zero attached hydrogens (tertiary/aromatic N) is 1. The van der Waals surface area contributed by atoms with E-state index in [-0.39, 0.29) is 0 Å². The summed E-state index contributed by atoms with van der Waals surface area (Å²) in [6, 6.07) is 1.41. The SMILES string of the molecule is CC1NCCN2C=CCC12. The van der Waals surface area contributed by atoms with Crippen LogP contribution in [0, 0.1) is 0 Å². The molecular weight excluding hydrogens is 124 g/mol. The summed E-state index contributed by atoms with van der Waals surface area (Å²) in [5.41, 5.74) is 0. The van der Waals surface area contributed by atoms with Crippen molar-refractivity contribution >= 4 is 0 Å². The summed E-state index contributed by atoms with van der Waals surface area (Å²) in [5, 5.41) is 3.47. The van der Waals surface area contributed by atoms with Crippen LogP contribution < -0.4 is 5.32 Å². The van der Waals surface area contributed by atoms with Crippen LogP contribution in [-0.2, 0) is 0 Å². The Kier molecular flexibility index (Phi) is 1.42. The van der Waals surface area contributed by atoms with E-state index in [1.165, 1.54) is 13.0 Å². The van der Waals surface area contributed by atoms with Crippen LogP contribution in [0.15, 0.2) is 12.3 Å². The van der Waals surface area contributed by atoms with Gasteiger partial charge in [0.1, 0.15) is 0 Å². The number of nitrogens with one attached hydrogen (secondary N) is 1. The highest BCUT2D eigenvalue weighted by atomic mass is 15.2. The third kappa shape index (κ3) is 0.833. The van der Waals surface area contributed by atoms with Gasteiger partial charge in [-0.2, -0.15) is 0 Å². The van der Waals surface area contributed by atoms with Crippen molar-refractivity contribution in [3.8, 4) is 0 Å². The van der Waals surface area contributed by atoms with Crippen LogP contribution in [0.5, 0.6) is 0 Å². The molecule has 0 radical (unpaired) electrons. The summed E-state index contributed by atoms with van der Waals surface area (Å²) in [6.45, 7) is 4.59. The van der Waals surface area contributed by atoms with Gasteiger partial charge < -0.3 is 10.2 Å². The van der Waals surface area contributed by atoms with Crippen molar-refractivity contribution in [2.45, 2.75) is 25.4 Å². The predicted octanol–water partition coefficient (Wildman–Crippen LogP) is 0.566. The fourth-order valence-electron chi connectivity index (χ4n) is 1.87. The lowest BCUT2D eigenvalue weighted by Gasteiger charge is -2.36. The van der Waals surface area contributed by atoms with Crippen LogP contribution in [0.25, 0.3) is 0 Å². The lowest BCUT2D eigenvalue weighted by molar-refractivity contribution is 0.201. The monoisotopic (exact) mass is 138 g/mol. The molecule has 2 aliphatic rings. The molecule has 1 saturated heterocycles. The van der Waals surface area contributed by atoms with Gasteiger partial charge in [0.05, 0.1) is 0 Å². The van der Waals surface area contributed by atoms with Gasteiger partial charge in [-0.25, -0.2) is 0 Å². The summed E-state index contributed by atoms with van der Waals surface area (Å²) in [4.78, 5) is 2.45. The maximum Gasteiger partial charge on any atom is 0.0470 e. The number of hydrogen-bond donors (Lipinski definition) is 1. The second kappa shape index (κ2) is 2.27. The number of piperazine rings is 1. The topological polar surface area (TPSA) is 15.3 Å².